The Labute approximate surface area is 89.5 Å². The van der Waals surface area contributed by atoms with Crippen LogP contribution in [0.1, 0.15) is 26.3 Å². The second kappa shape index (κ2) is 4.26. The van der Waals surface area contributed by atoms with E-state index in [1.165, 1.54) is 0 Å². The first kappa shape index (κ1) is 11.4. The molecule has 0 fully saturated rings. The molecule has 0 saturated carbocycles. The maximum Gasteiger partial charge on any atom is 0.332 e. The maximum atomic E-state index is 11.1. The maximum absolute atomic E-state index is 11.1. The molecule has 0 atom stereocenters. The molecule has 80 valence electrons. The van der Waals surface area contributed by atoms with Gasteiger partial charge in [-0.15, -0.1) is 0 Å². The highest BCUT2D eigenvalue weighted by atomic mass is 16.4. The number of rotatable bonds is 2. The van der Waals surface area contributed by atoms with Gasteiger partial charge in [-0.2, -0.15) is 0 Å². The number of nitrogens with zero attached hydrogens (tertiary/aromatic N) is 1. The molecule has 0 radical (unpaired) electrons. The number of hydrogen-bond acceptors (Lipinski definition) is 2. The number of carboxylic acid groups (broad SMARTS) is 1. The summed E-state index contributed by atoms with van der Waals surface area (Å²) in [6.07, 6.45) is 4.97. The monoisotopic (exact) mass is 205 g/mol. The van der Waals surface area contributed by atoms with Gasteiger partial charge in [0.2, 0.25) is 0 Å². The van der Waals surface area contributed by atoms with Crippen LogP contribution in [0.5, 0.6) is 0 Å². The molecule has 1 rings (SSSR count). The molecule has 0 bridgehead atoms. The number of carbonyl (C=O) groups is 1. The Morgan fingerprint density at radius 2 is 2.13 bits per heavy atom. The molecule has 1 aromatic heterocycles. The van der Waals surface area contributed by atoms with Crippen molar-refractivity contribution in [3.05, 3.63) is 35.7 Å². The van der Waals surface area contributed by atoms with E-state index in [9.17, 15) is 4.79 Å². The van der Waals surface area contributed by atoms with Crippen molar-refractivity contribution in [2.45, 2.75) is 20.8 Å². The van der Waals surface area contributed by atoms with Gasteiger partial charge in [-0.25, -0.2) is 4.79 Å². The van der Waals surface area contributed by atoms with Crippen molar-refractivity contribution in [2.24, 2.45) is 5.41 Å². The van der Waals surface area contributed by atoms with Crippen molar-refractivity contribution in [2.75, 3.05) is 0 Å². The molecule has 0 spiro atoms. The van der Waals surface area contributed by atoms with Gasteiger partial charge in [-0.05, 0) is 23.1 Å². The van der Waals surface area contributed by atoms with Gasteiger partial charge in [0.25, 0.3) is 0 Å². The molecule has 0 aliphatic heterocycles. The molecule has 1 heterocycles. The summed E-state index contributed by atoms with van der Waals surface area (Å²) in [6.45, 7) is 5.63. The Bertz CT molecular complexity index is 374. The molecule has 1 N–H and O–H groups in total. The Morgan fingerprint density at radius 3 is 2.53 bits per heavy atom. The van der Waals surface area contributed by atoms with Gasteiger partial charge in [0.15, 0.2) is 0 Å². The van der Waals surface area contributed by atoms with Gasteiger partial charge in [-0.3, -0.25) is 4.98 Å². The summed E-state index contributed by atoms with van der Waals surface area (Å²) in [6, 6.07) is 3.62. The highest BCUT2D eigenvalue weighted by Gasteiger charge is 2.23. The van der Waals surface area contributed by atoms with Crippen molar-refractivity contribution in [1.29, 1.82) is 0 Å². The lowest BCUT2D eigenvalue weighted by molar-refractivity contribution is -0.133. The van der Waals surface area contributed by atoms with Crippen LogP contribution in [0.3, 0.4) is 0 Å². The number of pyridine rings is 1. The van der Waals surface area contributed by atoms with E-state index in [1.807, 2.05) is 26.8 Å². The number of aliphatic carboxylic acids is 1. The first-order valence-electron chi connectivity index (χ1n) is 4.77. The van der Waals surface area contributed by atoms with Crippen LogP contribution in [-0.4, -0.2) is 16.1 Å². The van der Waals surface area contributed by atoms with Crippen LogP contribution in [0.4, 0.5) is 0 Å². The fourth-order valence-corrected chi connectivity index (χ4v) is 1.23. The number of hydrogen-bond donors (Lipinski definition) is 1. The van der Waals surface area contributed by atoms with Crippen molar-refractivity contribution in [3.63, 3.8) is 0 Å². The Hall–Kier alpha value is -1.64. The van der Waals surface area contributed by atoms with Crippen molar-refractivity contribution >= 4 is 12.0 Å². The summed E-state index contributed by atoms with van der Waals surface area (Å²) in [5.41, 5.74) is 0.821. The second-order valence-electron chi connectivity index (χ2n) is 4.40. The van der Waals surface area contributed by atoms with E-state index in [0.717, 1.165) is 5.56 Å². The molecule has 15 heavy (non-hydrogen) atoms. The Kier molecular flexibility index (Phi) is 3.24. The molecular weight excluding hydrogens is 190 g/mol. The van der Waals surface area contributed by atoms with Crippen LogP contribution < -0.4 is 0 Å². The SMILES string of the molecule is CC(C)(C)/C(=C/c1cccnc1)C(=O)O. The van der Waals surface area contributed by atoms with Crippen molar-refractivity contribution < 1.29 is 9.90 Å². The third-order valence-corrected chi connectivity index (χ3v) is 2.03. The van der Waals surface area contributed by atoms with E-state index >= 15 is 0 Å². The van der Waals surface area contributed by atoms with Crippen LogP contribution >= 0.6 is 0 Å². The second-order valence-corrected chi connectivity index (χ2v) is 4.40. The summed E-state index contributed by atoms with van der Waals surface area (Å²) < 4.78 is 0. The zero-order valence-corrected chi connectivity index (χ0v) is 9.19. The quantitative estimate of drug-likeness (QED) is 0.755. The van der Waals surface area contributed by atoms with Crippen LogP contribution in [0.15, 0.2) is 30.1 Å². The zero-order valence-electron chi connectivity index (χ0n) is 9.19. The molecule has 0 aliphatic carbocycles. The lowest BCUT2D eigenvalue weighted by atomic mass is 9.85. The molecule has 1 aromatic rings. The average molecular weight is 205 g/mol. The van der Waals surface area contributed by atoms with E-state index in [0.29, 0.717) is 5.57 Å². The molecule has 0 amide bonds. The largest absolute Gasteiger partial charge is 0.478 e. The van der Waals surface area contributed by atoms with E-state index in [-0.39, 0.29) is 5.41 Å². The Balaban J connectivity index is 3.12. The van der Waals surface area contributed by atoms with Gasteiger partial charge in [0.1, 0.15) is 0 Å². The minimum absolute atomic E-state index is 0.373. The first-order chi connectivity index (χ1) is 6.91. The number of aromatic nitrogens is 1. The fourth-order valence-electron chi connectivity index (χ4n) is 1.23. The molecule has 3 nitrogen and oxygen atoms in total. The standard InChI is InChI=1S/C12H15NO2/c1-12(2,3)10(11(14)15)7-9-5-4-6-13-8-9/h4-8H,1-3H3,(H,14,15)/b10-7+. The smallest absolute Gasteiger partial charge is 0.332 e. The zero-order chi connectivity index (χ0) is 11.5. The Morgan fingerprint density at radius 1 is 1.47 bits per heavy atom. The lowest BCUT2D eigenvalue weighted by Gasteiger charge is -2.19. The molecule has 3 heteroatoms. The van der Waals surface area contributed by atoms with Crippen LogP contribution in [0.25, 0.3) is 6.08 Å². The summed E-state index contributed by atoms with van der Waals surface area (Å²) in [5, 5.41) is 9.08. The molecule has 0 unspecified atom stereocenters. The van der Waals surface area contributed by atoms with Crippen LogP contribution in [0, 0.1) is 5.41 Å². The normalized spacial score (nSPS) is 12.6. The lowest BCUT2D eigenvalue weighted by Crippen LogP contribution is -2.17. The molecule has 0 aliphatic rings. The van der Waals surface area contributed by atoms with E-state index < -0.39 is 5.97 Å². The summed E-state index contributed by atoms with van der Waals surface area (Å²) in [7, 11) is 0. The highest BCUT2D eigenvalue weighted by Crippen LogP contribution is 2.27. The molecular formula is C12H15NO2. The van der Waals surface area contributed by atoms with E-state index in [4.69, 9.17) is 5.11 Å². The van der Waals surface area contributed by atoms with E-state index in [1.54, 1.807) is 24.5 Å². The topological polar surface area (TPSA) is 50.2 Å². The summed E-state index contributed by atoms with van der Waals surface area (Å²) >= 11 is 0. The third kappa shape index (κ3) is 3.20. The van der Waals surface area contributed by atoms with Crippen LogP contribution in [-0.2, 0) is 4.79 Å². The first-order valence-corrected chi connectivity index (χ1v) is 4.77. The minimum Gasteiger partial charge on any atom is -0.478 e. The van der Waals surface area contributed by atoms with E-state index in [2.05, 4.69) is 4.98 Å². The van der Waals surface area contributed by atoms with Gasteiger partial charge >= 0.3 is 5.97 Å². The highest BCUT2D eigenvalue weighted by molar-refractivity contribution is 5.93. The predicted molar refractivity (Wildman–Crippen MR) is 59.3 cm³/mol. The van der Waals surface area contributed by atoms with Gasteiger partial charge in [0, 0.05) is 18.0 Å². The fraction of sp³-hybridized carbons (Fsp3) is 0.333. The van der Waals surface area contributed by atoms with Crippen molar-refractivity contribution in [1.82, 2.24) is 4.98 Å². The summed E-state index contributed by atoms with van der Waals surface area (Å²) in [5.74, 6) is -0.883. The van der Waals surface area contributed by atoms with Crippen LogP contribution in [0.2, 0.25) is 0 Å². The summed E-state index contributed by atoms with van der Waals surface area (Å²) in [4.78, 5) is 15.0. The van der Waals surface area contributed by atoms with Crippen molar-refractivity contribution in [3.8, 4) is 0 Å². The van der Waals surface area contributed by atoms with Gasteiger partial charge < -0.3 is 5.11 Å². The van der Waals surface area contributed by atoms with Gasteiger partial charge in [0.05, 0.1) is 0 Å². The minimum atomic E-state index is -0.883. The average Bonchev–Trinajstić information content (AvgIpc) is 2.13. The molecule has 0 aromatic carbocycles. The van der Waals surface area contributed by atoms with Gasteiger partial charge in [-0.1, -0.05) is 26.8 Å². The molecule has 0 saturated heterocycles. The predicted octanol–water partition coefficient (Wildman–Crippen LogP) is 2.60. The number of carboxylic acids is 1. The third-order valence-electron chi connectivity index (χ3n) is 2.03.